The van der Waals surface area contributed by atoms with Crippen LogP contribution in [0.3, 0.4) is 0 Å². The fourth-order valence-corrected chi connectivity index (χ4v) is 6.19. The maximum Gasteiger partial charge on any atom is 0.310 e. The molecule has 1 aliphatic carbocycles. The molecule has 0 aromatic heterocycles. The molecule has 0 amide bonds. The van der Waals surface area contributed by atoms with Crippen molar-refractivity contribution in [2.45, 2.75) is 43.0 Å². The van der Waals surface area contributed by atoms with Crippen LogP contribution in [0.15, 0.2) is 84.9 Å². The molecule has 4 bridgehead atoms. The predicted octanol–water partition coefficient (Wildman–Crippen LogP) is 6.47. The lowest BCUT2D eigenvalue weighted by Crippen LogP contribution is -2.63. The van der Waals surface area contributed by atoms with Crippen molar-refractivity contribution in [2.24, 2.45) is 0 Å². The highest BCUT2D eigenvalue weighted by Crippen LogP contribution is 2.59. The van der Waals surface area contributed by atoms with Gasteiger partial charge in [0.25, 0.3) is 6.48 Å². The van der Waals surface area contributed by atoms with Gasteiger partial charge in [0.05, 0.1) is 16.6 Å². The third-order valence-corrected chi connectivity index (χ3v) is 8.10. The van der Waals surface area contributed by atoms with Gasteiger partial charge in [0.15, 0.2) is 5.75 Å². The molecule has 3 aliphatic heterocycles. The van der Waals surface area contributed by atoms with Gasteiger partial charge in [-0.2, -0.15) is 5.26 Å². The molecule has 4 aliphatic rings. The van der Waals surface area contributed by atoms with E-state index in [1.165, 1.54) is 30.3 Å². The van der Waals surface area contributed by atoms with Crippen LogP contribution < -0.4 is 9.47 Å². The molecule has 8 rings (SSSR count). The van der Waals surface area contributed by atoms with E-state index in [1.807, 2.05) is 42.5 Å². The van der Waals surface area contributed by atoms with Gasteiger partial charge in [0.1, 0.15) is 46.0 Å². The monoisotopic (exact) mass is 580 g/mol. The molecular formula is C32H24N2O9. The average Bonchev–Trinajstić information content (AvgIpc) is 2.97. The molecule has 0 unspecified atom stereocenters. The zero-order valence-corrected chi connectivity index (χ0v) is 22.5. The molecule has 4 atom stereocenters. The number of nitriles is 1. The van der Waals surface area contributed by atoms with Crippen LogP contribution in [-0.4, -0.2) is 27.7 Å². The first-order valence-electron chi connectivity index (χ1n) is 13.5. The standard InChI is InChI=1S/C32H24N2O9/c33-17-19-1-6-24(13-28(19)35)39-22-7-2-20(3-8-22)31-15-26-16-32(18-31,43-30(41-26)42-31)21-4-9-23(10-5-21)40-25-11-12-27(34(37)38)29(36)14-25/h1-14,26,30,35-36H,15-16,18H2/t26-,30+,31+,32-/m0/s1. The van der Waals surface area contributed by atoms with Gasteiger partial charge in [-0.05, 0) is 53.6 Å². The topological polar surface area (TPSA) is 154 Å². The van der Waals surface area contributed by atoms with Gasteiger partial charge in [-0.15, -0.1) is 0 Å². The van der Waals surface area contributed by atoms with E-state index in [1.54, 1.807) is 18.2 Å². The number of benzene rings is 4. The summed E-state index contributed by atoms with van der Waals surface area (Å²) >= 11 is 0. The second-order valence-electron chi connectivity index (χ2n) is 10.8. The molecule has 0 spiro atoms. The molecule has 4 aromatic rings. The number of hydrogen-bond acceptors (Lipinski definition) is 10. The van der Waals surface area contributed by atoms with Crippen LogP contribution in [-0.2, 0) is 25.4 Å². The highest BCUT2D eigenvalue weighted by atomic mass is 16.9. The van der Waals surface area contributed by atoms with Crippen molar-refractivity contribution >= 4 is 5.69 Å². The minimum atomic E-state index is -0.821. The van der Waals surface area contributed by atoms with Crippen molar-refractivity contribution in [1.82, 2.24) is 0 Å². The number of nitro groups is 1. The highest BCUT2D eigenvalue weighted by Gasteiger charge is 2.62. The lowest BCUT2D eigenvalue weighted by atomic mass is 9.66. The van der Waals surface area contributed by atoms with E-state index in [4.69, 9.17) is 28.9 Å². The molecule has 3 heterocycles. The third kappa shape index (κ3) is 4.77. The Labute approximate surface area is 245 Å². The minimum Gasteiger partial charge on any atom is -0.506 e. The van der Waals surface area contributed by atoms with Crippen LogP contribution in [0.2, 0.25) is 0 Å². The van der Waals surface area contributed by atoms with Crippen molar-refractivity contribution in [3.63, 3.8) is 0 Å². The van der Waals surface area contributed by atoms with Gasteiger partial charge >= 0.3 is 5.69 Å². The Kier molecular flexibility index (Phi) is 6.21. The Morgan fingerprint density at radius 3 is 1.77 bits per heavy atom. The normalized spacial score (nSPS) is 25.2. The summed E-state index contributed by atoms with van der Waals surface area (Å²) in [6.45, 7) is -0.821. The first-order chi connectivity index (χ1) is 20.7. The Morgan fingerprint density at radius 2 is 1.30 bits per heavy atom. The Morgan fingerprint density at radius 1 is 0.791 bits per heavy atom. The minimum absolute atomic E-state index is 0.0715. The second kappa shape index (κ2) is 9.99. The summed E-state index contributed by atoms with van der Waals surface area (Å²) in [6.07, 6.45) is 1.83. The summed E-state index contributed by atoms with van der Waals surface area (Å²) in [5.41, 5.74) is 0.397. The summed E-state index contributed by atoms with van der Waals surface area (Å²) in [5.74, 6) is 1.13. The summed E-state index contributed by atoms with van der Waals surface area (Å²) < 4.78 is 30.3. The van der Waals surface area contributed by atoms with Crippen LogP contribution in [0.4, 0.5) is 5.69 Å². The van der Waals surface area contributed by atoms with E-state index in [0.717, 1.165) is 11.1 Å². The van der Waals surface area contributed by atoms with Crippen LogP contribution >= 0.6 is 0 Å². The molecular weight excluding hydrogens is 556 g/mol. The van der Waals surface area contributed by atoms with E-state index >= 15 is 0 Å². The van der Waals surface area contributed by atoms with Gasteiger partial charge in [-0.1, -0.05) is 24.3 Å². The van der Waals surface area contributed by atoms with E-state index < -0.39 is 34.0 Å². The predicted molar refractivity (Wildman–Crippen MR) is 149 cm³/mol. The third-order valence-electron chi connectivity index (χ3n) is 8.10. The molecule has 1 saturated carbocycles. The largest absolute Gasteiger partial charge is 0.506 e. The second-order valence-corrected chi connectivity index (χ2v) is 10.8. The highest BCUT2D eigenvalue weighted by molar-refractivity contribution is 5.51. The number of nitro benzene ring substituents is 1. The molecule has 43 heavy (non-hydrogen) atoms. The fourth-order valence-electron chi connectivity index (χ4n) is 6.19. The van der Waals surface area contributed by atoms with Crippen LogP contribution in [0, 0.1) is 21.4 Å². The average molecular weight is 581 g/mol. The number of ether oxygens (including phenoxy) is 5. The van der Waals surface area contributed by atoms with E-state index in [2.05, 4.69) is 0 Å². The Balaban J connectivity index is 1.10. The summed E-state index contributed by atoms with van der Waals surface area (Å²) in [6, 6.07) is 25.3. The summed E-state index contributed by atoms with van der Waals surface area (Å²) in [4.78, 5) is 10.3. The zero-order valence-electron chi connectivity index (χ0n) is 22.5. The van der Waals surface area contributed by atoms with Crippen LogP contribution in [0.25, 0.3) is 0 Å². The maximum absolute atomic E-state index is 11.0. The maximum atomic E-state index is 11.0. The van der Waals surface area contributed by atoms with Crippen molar-refractivity contribution in [2.75, 3.05) is 0 Å². The number of rotatable bonds is 7. The van der Waals surface area contributed by atoms with E-state index in [0.29, 0.717) is 36.5 Å². The smallest absolute Gasteiger partial charge is 0.310 e. The molecule has 0 radical (unpaired) electrons. The van der Waals surface area contributed by atoms with Gasteiger partial charge in [0, 0.05) is 37.5 Å². The molecule has 2 N–H and O–H groups in total. The molecule has 3 saturated heterocycles. The lowest BCUT2D eigenvalue weighted by Gasteiger charge is -2.60. The van der Waals surface area contributed by atoms with Crippen molar-refractivity contribution < 1.29 is 38.8 Å². The number of phenolic OH excluding ortho intramolecular Hbond substituents is 2. The first-order valence-corrected chi connectivity index (χ1v) is 13.5. The quantitative estimate of drug-likeness (QED) is 0.184. The van der Waals surface area contributed by atoms with Gasteiger partial charge < -0.3 is 33.9 Å². The fraction of sp³-hybridized carbons (Fsp3) is 0.219. The molecule has 11 heteroatoms. The molecule has 11 nitrogen and oxygen atoms in total. The Hall–Kier alpha value is -5.15. The first kappa shape index (κ1) is 26.7. The summed E-state index contributed by atoms with van der Waals surface area (Å²) in [7, 11) is 0. The number of aromatic hydroxyl groups is 2. The number of nitrogens with zero attached hydrogens (tertiary/aromatic N) is 2. The zero-order chi connectivity index (χ0) is 29.8. The Bertz CT molecular complexity index is 1750. The van der Waals surface area contributed by atoms with Crippen molar-refractivity contribution in [3.8, 4) is 40.6 Å². The molecule has 4 aromatic carbocycles. The lowest BCUT2D eigenvalue weighted by molar-refractivity contribution is -0.483. The number of hydrogen-bond donors (Lipinski definition) is 2. The van der Waals surface area contributed by atoms with Crippen molar-refractivity contribution in [3.05, 3.63) is 112 Å². The summed E-state index contributed by atoms with van der Waals surface area (Å²) in [5, 5.41) is 39.9. The van der Waals surface area contributed by atoms with E-state index in [-0.39, 0.29) is 23.2 Å². The number of phenols is 2. The SMILES string of the molecule is N#Cc1ccc(Oc2ccc([C@@]34C[C@H]5C[C@@](c6ccc(Oc7ccc([N+](=O)[O-])c(O)c7)cc6)(C3)O[C@H](O5)O4)cc2)cc1O. The van der Waals surface area contributed by atoms with E-state index in [9.17, 15) is 20.3 Å². The van der Waals surface area contributed by atoms with Gasteiger partial charge in [-0.3, -0.25) is 10.1 Å². The van der Waals surface area contributed by atoms with Crippen LogP contribution in [0.1, 0.15) is 36.0 Å². The van der Waals surface area contributed by atoms with Gasteiger partial charge in [0.2, 0.25) is 0 Å². The molecule has 4 fully saturated rings. The van der Waals surface area contributed by atoms with Crippen molar-refractivity contribution in [1.29, 1.82) is 5.26 Å². The van der Waals surface area contributed by atoms with Crippen LogP contribution in [0.5, 0.6) is 34.5 Å². The molecule has 216 valence electrons. The van der Waals surface area contributed by atoms with Gasteiger partial charge in [-0.25, -0.2) is 0 Å².